The summed E-state index contributed by atoms with van der Waals surface area (Å²) in [6, 6.07) is 7.09. The van der Waals surface area contributed by atoms with E-state index in [0.717, 1.165) is 25.9 Å². The third-order valence-corrected chi connectivity index (χ3v) is 5.41. The van der Waals surface area contributed by atoms with Crippen molar-refractivity contribution in [1.82, 2.24) is 10.2 Å². The lowest BCUT2D eigenvalue weighted by Crippen LogP contribution is -2.44. The summed E-state index contributed by atoms with van der Waals surface area (Å²) in [4.78, 5) is 15.1. The zero-order chi connectivity index (χ0) is 16.4. The number of amides is 1. The molecule has 3 rings (SSSR count). The van der Waals surface area contributed by atoms with Gasteiger partial charge in [-0.3, -0.25) is 4.79 Å². The average molecular weight is 314 g/mol. The summed E-state index contributed by atoms with van der Waals surface area (Å²) < 4.78 is 0. The lowest BCUT2D eigenvalue weighted by atomic mass is 9.86. The first-order valence-corrected chi connectivity index (χ1v) is 9.16. The molecular weight excluding hydrogens is 284 g/mol. The van der Waals surface area contributed by atoms with Gasteiger partial charge in [0.15, 0.2) is 0 Å². The molecule has 2 aliphatic rings. The van der Waals surface area contributed by atoms with Crippen molar-refractivity contribution in [3.8, 4) is 0 Å². The normalized spacial score (nSPS) is 22.9. The molecule has 3 nitrogen and oxygen atoms in total. The number of nitrogens with zero attached hydrogens (tertiary/aromatic N) is 1. The summed E-state index contributed by atoms with van der Waals surface area (Å²) in [5.41, 5.74) is 3.93. The molecule has 0 saturated heterocycles. The highest BCUT2D eigenvalue weighted by atomic mass is 16.2. The molecule has 0 spiro atoms. The molecule has 1 atom stereocenters. The SMILES string of the molecule is CC(C)c1ccc2c(c1)CN(C)CC2C(=O)NC1CCCCC1. The molecule has 1 N–H and O–H groups in total. The van der Waals surface area contributed by atoms with Gasteiger partial charge in [0.05, 0.1) is 5.92 Å². The second-order valence-corrected chi connectivity index (χ2v) is 7.71. The Hall–Kier alpha value is -1.35. The molecule has 23 heavy (non-hydrogen) atoms. The number of likely N-dealkylation sites (N-methyl/N-ethyl adjacent to an activating group) is 1. The summed E-state index contributed by atoms with van der Waals surface area (Å²) in [5.74, 6) is 0.732. The van der Waals surface area contributed by atoms with E-state index in [1.165, 1.54) is 36.0 Å². The van der Waals surface area contributed by atoms with Gasteiger partial charge in [-0.2, -0.15) is 0 Å². The van der Waals surface area contributed by atoms with Crippen molar-refractivity contribution in [3.63, 3.8) is 0 Å². The third-order valence-electron chi connectivity index (χ3n) is 5.41. The number of carbonyl (C=O) groups is 1. The highest BCUT2D eigenvalue weighted by molar-refractivity contribution is 5.85. The van der Waals surface area contributed by atoms with E-state index in [9.17, 15) is 4.79 Å². The molecule has 1 amide bonds. The van der Waals surface area contributed by atoms with Gasteiger partial charge in [0.1, 0.15) is 0 Å². The zero-order valence-corrected chi connectivity index (χ0v) is 14.8. The van der Waals surface area contributed by atoms with E-state index in [1.807, 2.05) is 0 Å². The molecular formula is C20H30N2O. The summed E-state index contributed by atoms with van der Waals surface area (Å²) >= 11 is 0. The first kappa shape index (κ1) is 16.5. The van der Waals surface area contributed by atoms with Gasteiger partial charge in [-0.15, -0.1) is 0 Å². The van der Waals surface area contributed by atoms with Crippen LogP contribution in [0.2, 0.25) is 0 Å². The fraction of sp³-hybridized carbons (Fsp3) is 0.650. The predicted octanol–water partition coefficient (Wildman–Crippen LogP) is 3.79. The van der Waals surface area contributed by atoms with E-state index >= 15 is 0 Å². The minimum absolute atomic E-state index is 0.0214. The molecule has 1 saturated carbocycles. The average Bonchev–Trinajstić information content (AvgIpc) is 2.54. The highest BCUT2D eigenvalue weighted by Gasteiger charge is 2.30. The maximum absolute atomic E-state index is 12.9. The maximum atomic E-state index is 12.9. The van der Waals surface area contributed by atoms with E-state index < -0.39 is 0 Å². The standard InChI is InChI=1S/C20H30N2O/c1-14(2)15-9-10-18-16(11-15)12-22(3)13-19(18)20(23)21-17-7-5-4-6-8-17/h9-11,14,17,19H,4-8,12-13H2,1-3H3,(H,21,23). The molecule has 0 aromatic heterocycles. The Morgan fingerprint density at radius 1 is 1.22 bits per heavy atom. The van der Waals surface area contributed by atoms with Crippen LogP contribution >= 0.6 is 0 Å². The van der Waals surface area contributed by atoms with Gasteiger partial charge in [-0.05, 0) is 42.5 Å². The molecule has 1 aromatic carbocycles. The molecule has 1 aromatic rings. The Balaban J connectivity index is 1.79. The lowest BCUT2D eigenvalue weighted by Gasteiger charge is -2.33. The number of rotatable bonds is 3. The van der Waals surface area contributed by atoms with Crippen molar-refractivity contribution in [2.75, 3.05) is 13.6 Å². The molecule has 0 bridgehead atoms. The second kappa shape index (κ2) is 7.04. The Bertz CT molecular complexity index is 561. The van der Waals surface area contributed by atoms with E-state index in [2.05, 4.69) is 49.3 Å². The minimum atomic E-state index is -0.0214. The third kappa shape index (κ3) is 3.77. The Labute approximate surface area is 140 Å². The minimum Gasteiger partial charge on any atom is -0.353 e. The largest absolute Gasteiger partial charge is 0.353 e. The van der Waals surface area contributed by atoms with Crippen LogP contribution in [-0.4, -0.2) is 30.4 Å². The van der Waals surface area contributed by atoms with Gasteiger partial charge in [-0.25, -0.2) is 0 Å². The molecule has 126 valence electrons. The van der Waals surface area contributed by atoms with Crippen molar-refractivity contribution < 1.29 is 4.79 Å². The zero-order valence-electron chi connectivity index (χ0n) is 14.8. The van der Waals surface area contributed by atoms with Crippen molar-refractivity contribution in [2.45, 2.75) is 70.4 Å². The van der Waals surface area contributed by atoms with Crippen LogP contribution in [-0.2, 0) is 11.3 Å². The van der Waals surface area contributed by atoms with Crippen LogP contribution in [0.15, 0.2) is 18.2 Å². The number of hydrogen-bond donors (Lipinski definition) is 1. The van der Waals surface area contributed by atoms with Crippen LogP contribution < -0.4 is 5.32 Å². The fourth-order valence-corrected chi connectivity index (χ4v) is 4.00. The quantitative estimate of drug-likeness (QED) is 0.920. The Morgan fingerprint density at radius 2 is 1.96 bits per heavy atom. The number of hydrogen-bond acceptors (Lipinski definition) is 2. The number of fused-ring (bicyclic) bond motifs is 1. The Morgan fingerprint density at radius 3 is 2.65 bits per heavy atom. The van der Waals surface area contributed by atoms with E-state index in [4.69, 9.17) is 0 Å². The molecule has 1 fully saturated rings. The van der Waals surface area contributed by atoms with Gasteiger partial charge in [0.25, 0.3) is 0 Å². The van der Waals surface area contributed by atoms with Crippen molar-refractivity contribution in [1.29, 1.82) is 0 Å². The van der Waals surface area contributed by atoms with Gasteiger partial charge in [0, 0.05) is 19.1 Å². The van der Waals surface area contributed by atoms with Gasteiger partial charge >= 0.3 is 0 Å². The first-order chi connectivity index (χ1) is 11.0. The van der Waals surface area contributed by atoms with Crippen LogP contribution in [0.1, 0.15) is 74.5 Å². The highest BCUT2D eigenvalue weighted by Crippen LogP contribution is 2.31. The lowest BCUT2D eigenvalue weighted by molar-refractivity contribution is -0.124. The van der Waals surface area contributed by atoms with E-state index in [0.29, 0.717) is 12.0 Å². The van der Waals surface area contributed by atoms with E-state index in [1.54, 1.807) is 0 Å². The second-order valence-electron chi connectivity index (χ2n) is 7.71. The predicted molar refractivity (Wildman–Crippen MR) is 94.6 cm³/mol. The van der Waals surface area contributed by atoms with E-state index in [-0.39, 0.29) is 11.8 Å². The number of nitrogens with one attached hydrogen (secondary N) is 1. The summed E-state index contributed by atoms with van der Waals surface area (Å²) in [6.07, 6.45) is 6.12. The van der Waals surface area contributed by atoms with Gasteiger partial charge < -0.3 is 10.2 Å². The Kier molecular flexibility index (Phi) is 5.05. The molecule has 1 aliphatic heterocycles. The van der Waals surface area contributed by atoms with Crippen LogP contribution in [0.4, 0.5) is 0 Å². The van der Waals surface area contributed by atoms with Crippen molar-refractivity contribution in [3.05, 3.63) is 34.9 Å². The number of benzene rings is 1. The van der Waals surface area contributed by atoms with Crippen LogP contribution in [0.25, 0.3) is 0 Å². The van der Waals surface area contributed by atoms with Crippen molar-refractivity contribution in [2.24, 2.45) is 0 Å². The fourth-order valence-electron chi connectivity index (χ4n) is 4.00. The number of carbonyl (C=O) groups excluding carboxylic acids is 1. The van der Waals surface area contributed by atoms with Gasteiger partial charge in [-0.1, -0.05) is 51.3 Å². The molecule has 0 radical (unpaired) electrons. The molecule has 3 heteroatoms. The monoisotopic (exact) mass is 314 g/mol. The summed E-state index contributed by atoms with van der Waals surface area (Å²) in [6.45, 7) is 6.22. The maximum Gasteiger partial charge on any atom is 0.229 e. The topological polar surface area (TPSA) is 32.3 Å². The van der Waals surface area contributed by atoms with Gasteiger partial charge in [0.2, 0.25) is 5.91 Å². The van der Waals surface area contributed by atoms with Crippen LogP contribution in [0.5, 0.6) is 0 Å². The van der Waals surface area contributed by atoms with Crippen LogP contribution in [0, 0.1) is 0 Å². The molecule has 1 heterocycles. The summed E-state index contributed by atoms with van der Waals surface area (Å²) in [5, 5.41) is 3.32. The smallest absolute Gasteiger partial charge is 0.229 e. The van der Waals surface area contributed by atoms with Crippen molar-refractivity contribution >= 4 is 5.91 Å². The first-order valence-electron chi connectivity index (χ1n) is 9.16. The molecule has 1 aliphatic carbocycles. The van der Waals surface area contributed by atoms with Crippen LogP contribution in [0.3, 0.4) is 0 Å². The molecule has 1 unspecified atom stereocenters. The summed E-state index contributed by atoms with van der Waals surface area (Å²) in [7, 11) is 2.12.